The standard InChI is InChI=1S/C11H23NO3/c1-10(2)15-9-11(14)12(3)7-5-4-6-8-13/h10,13H,4-9H2,1-3H3. The topological polar surface area (TPSA) is 49.8 Å². The van der Waals surface area contributed by atoms with Crippen molar-refractivity contribution in [3.8, 4) is 0 Å². The fourth-order valence-electron chi connectivity index (χ4n) is 1.11. The van der Waals surface area contributed by atoms with Crippen LogP contribution < -0.4 is 0 Å². The second-order valence-electron chi connectivity index (χ2n) is 3.96. The van der Waals surface area contributed by atoms with Crippen LogP contribution in [0.5, 0.6) is 0 Å². The maximum atomic E-state index is 11.5. The predicted molar refractivity (Wildman–Crippen MR) is 59.7 cm³/mol. The number of aliphatic hydroxyl groups is 1. The van der Waals surface area contributed by atoms with E-state index in [2.05, 4.69) is 0 Å². The molecule has 0 unspecified atom stereocenters. The number of rotatable bonds is 8. The Hall–Kier alpha value is -0.610. The van der Waals surface area contributed by atoms with Crippen LogP contribution in [0.3, 0.4) is 0 Å². The van der Waals surface area contributed by atoms with Crippen LogP contribution in [0.15, 0.2) is 0 Å². The predicted octanol–water partition coefficient (Wildman–Crippen LogP) is 1.03. The van der Waals surface area contributed by atoms with Crippen molar-refractivity contribution in [2.24, 2.45) is 0 Å². The number of carbonyl (C=O) groups is 1. The van der Waals surface area contributed by atoms with E-state index in [9.17, 15) is 4.79 Å². The lowest BCUT2D eigenvalue weighted by molar-refractivity contribution is -0.136. The Morgan fingerprint density at radius 3 is 2.53 bits per heavy atom. The molecule has 90 valence electrons. The first-order valence-electron chi connectivity index (χ1n) is 5.54. The zero-order valence-corrected chi connectivity index (χ0v) is 10.0. The van der Waals surface area contributed by atoms with E-state index in [-0.39, 0.29) is 25.2 Å². The maximum Gasteiger partial charge on any atom is 0.248 e. The van der Waals surface area contributed by atoms with Gasteiger partial charge in [-0.15, -0.1) is 0 Å². The van der Waals surface area contributed by atoms with Crippen molar-refractivity contribution in [3.05, 3.63) is 0 Å². The van der Waals surface area contributed by atoms with Crippen molar-refractivity contribution < 1.29 is 14.6 Å². The van der Waals surface area contributed by atoms with Gasteiger partial charge in [-0.05, 0) is 33.1 Å². The molecule has 1 N–H and O–H groups in total. The number of ether oxygens (including phenoxy) is 1. The van der Waals surface area contributed by atoms with E-state index >= 15 is 0 Å². The first kappa shape index (κ1) is 14.4. The highest BCUT2D eigenvalue weighted by atomic mass is 16.5. The van der Waals surface area contributed by atoms with Crippen molar-refractivity contribution in [1.82, 2.24) is 4.90 Å². The second kappa shape index (κ2) is 8.68. The maximum absolute atomic E-state index is 11.5. The van der Waals surface area contributed by atoms with E-state index in [0.717, 1.165) is 25.8 Å². The number of amides is 1. The molecule has 0 fully saturated rings. The average Bonchev–Trinajstić information content (AvgIpc) is 2.20. The summed E-state index contributed by atoms with van der Waals surface area (Å²) in [5.74, 6) is 0.0210. The number of nitrogens with zero attached hydrogens (tertiary/aromatic N) is 1. The Morgan fingerprint density at radius 2 is 2.00 bits per heavy atom. The van der Waals surface area contributed by atoms with E-state index < -0.39 is 0 Å². The van der Waals surface area contributed by atoms with Crippen molar-refractivity contribution >= 4 is 5.91 Å². The molecular weight excluding hydrogens is 194 g/mol. The Morgan fingerprint density at radius 1 is 1.33 bits per heavy atom. The summed E-state index contributed by atoms with van der Waals surface area (Å²) in [7, 11) is 1.78. The third-order valence-corrected chi connectivity index (χ3v) is 2.12. The Labute approximate surface area is 92.2 Å². The molecule has 0 rings (SSSR count). The van der Waals surface area contributed by atoms with Gasteiger partial charge in [-0.25, -0.2) is 0 Å². The first-order valence-corrected chi connectivity index (χ1v) is 5.54. The third-order valence-electron chi connectivity index (χ3n) is 2.12. The zero-order chi connectivity index (χ0) is 11.7. The summed E-state index contributed by atoms with van der Waals surface area (Å²) >= 11 is 0. The van der Waals surface area contributed by atoms with E-state index in [1.165, 1.54) is 0 Å². The van der Waals surface area contributed by atoms with Crippen LogP contribution in [0.4, 0.5) is 0 Å². The quantitative estimate of drug-likeness (QED) is 0.618. The monoisotopic (exact) mass is 217 g/mol. The van der Waals surface area contributed by atoms with Gasteiger partial charge in [0.25, 0.3) is 0 Å². The fraction of sp³-hybridized carbons (Fsp3) is 0.909. The summed E-state index contributed by atoms with van der Waals surface area (Å²) in [6.07, 6.45) is 2.80. The molecule has 4 heteroatoms. The molecule has 0 aromatic heterocycles. The van der Waals surface area contributed by atoms with Crippen molar-refractivity contribution in [2.75, 3.05) is 26.8 Å². The van der Waals surface area contributed by atoms with Crippen LogP contribution >= 0.6 is 0 Å². The highest BCUT2D eigenvalue weighted by Crippen LogP contribution is 1.98. The minimum Gasteiger partial charge on any atom is -0.396 e. The average molecular weight is 217 g/mol. The van der Waals surface area contributed by atoms with Gasteiger partial charge in [0.15, 0.2) is 0 Å². The summed E-state index contributed by atoms with van der Waals surface area (Å²) in [6.45, 7) is 4.95. The highest BCUT2D eigenvalue weighted by molar-refractivity contribution is 5.77. The van der Waals surface area contributed by atoms with Crippen molar-refractivity contribution in [1.29, 1.82) is 0 Å². The number of aliphatic hydroxyl groups excluding tert-OH is 1. The molecule has 1 amide bonds. The number of hydrogen-bond acceptors (Lipinski definition) is 3. The van der Waals surface area contributed by atoms with Crippen LogP contribution in [-0.4, -0.2) is 48.8 Å². The van der Waals surface area contributed by atoms with E-state index in [4.69, 9.17) is 9.84 Å². The van der Waals surface area contributed by atoms with Gasteiger partial charge in [0.2, 0.25) is 5.91 Å². The Kier molecular flexibility index (Phi) is 8.33. The lowest BCUT2D eigenvalue weighted by atomic mass is 10.2. The van der Waals surface area contributed by atoms with Gasteiger partial charge >= 0.3 is 0 Å². The summed E-state index contributed by atoms with van der Waals surface area (Å²) in [4.78, 5) is 13.1. The van der Waals surface area contributed by atoms with E-state index in [1.54, 1.807) is 11.9 Å². The van der Waals surface area contributed by atoms with Gasteiger partial charge in [0.1, 0.15) is 6.61 Å². The molecular formula is C11H23NO3. The summed E-state index contributed by atoms with van der Waals surface area (Å²) in [6, 6.07) is 0. The molecule has 0 saturated carbocycles. The molecule has 0 aromatic rings. The molecule has 0 radical (unpaired) electrons. The largest absolute Gasteiger partial charge is 0.396 e. The summed E-state index contributed by atoms with van der Waals surface area (Å²) < 4.78 is 5.22. The van der Waals surface area contributed by atoms with Crippen LogP contribution in [-0.2, 0) is 9.53 Å². The van der Waals surface area contributed by atoms with Gasteiger partial charge in [-0.3, -0.25) is 4.79 Å². The van der Waals surface area contributed by atoms with E-state index in [0.29, 0.717) is 0 Å². The fourth-order valence-corrected chi connectivity index (χ4v) is 1.11. The van der Waals surface area contributed by atoms with Crippen LogP contribution in [0.2, 0.25) is 0 Å². The molecule has 0 saturated heterocycles. The second-order valence-corrected chi connectivity index (χ2v) is 3.96. The van der Waals surface area contributed by atoms with Gasteiger partial charge < -0.3 is 14.7 Å². The van der Waals surface area contributed by atoms with Gasteiger partial charge in [0, 0.05) is 20.2 Å². The Balaban J connectivity index is 3.51. The number of carbonyl (C=O) groups excluding carboxylic acids is 1. The summed E-state index contributed by atoms with van der Waals surface area (Å²) in [5, 5.41) is 8.59. The third kappa shape index (κ3) is 8.39. The summed E-state index contributed by atoms with van der Waals surface area (Å²) in [5.41, 5.74) is 0. The molecule has 0 aliphatic rings. The lowest BCUT2D eigenvalue weighted by Crippen LogP contribution is -2.32. The highest BCUT2D eigenvalue weighted by Gasteiger charge is 2.08. The Bertz CT molecular complexity index is 171. The lowest BCUT2D eigenvalue weighted by Gasteiger charge is -2.17. The van der Waals surface area contributed by atoms with Crippen LogP contribution in [0, 0.1) is 0 Å². The van der Waals surface area contributed by atoms with Gasteiger partial charge in [-0.1, -0.05) is 0 Å². The zero-order valence-electron chi connectivity index (χ0n) is 10.0. The molecule has 0 aliphatic carbocycles. The van der Waals surface area contributed by atoms with E-state index in [1.807, 2.05) is 13.8 Å². The van der Waals surface area contributed by atoms with Crippen LogP contribution in [0.25, 0.3) is 0 Å². The molecule has 0 heterocycles. The minimum atomic E-state index is 0.0210. The van der Waals surface area contributed by atoms with Crippen molar-refractivity contribution in [3.63, 3.8) is 0 Å². The van der Waals surface area contributed by atoms with Crippen LogP contribution in [0.1, 0.15) is 33.1 Å². The minimum absolute atomic E-state index is 0.0210. The molecule has 0 spiro atoms. The first-order chi connectivity index (χ1) is 7.07. The number of likely N-dealkylation sites (N-methyl/N-ethyl adjacent to an activating group) is 1. The normalized spacial score (nSPS) is 10.7. The molecule has 0 atom stereocenters. The number of unbranched alkanes of at least 4 members (excludes halogenated alkanes) is 2. The van der Waals surface area contributed by atoms with Gasteiger partial charge in [-0.2, -0.15) is 0 Å². The van der Waals surface area contributed by atoms with Crippen molar-refractivity contribution in [2.45, 2.75) is 39.2 Å². The SMILES string of the molecule is CC(C)OCC(=O)N(C)CCCCCO. The molecule has 0 aromatic carbocycles. The molecule has 0 aliphatic heterocycles. The van der Waals surface area contributed by atoms with Gasteiger partial charge in [0.05, 0.1) is 6.10 Å². The molecule has 15 heavy (non-hydrogen) atoms. The molecule has 0 bridgehead atoms. The number of hydrogen-bond donors (Lipinski definition) is 1. The smallest absolute Gasteiger partial charge is 0.248 e. The molecule has 4 nitrogen and oxygen atoms in total.